The van der Waals surface area contributed by atoms with Crippen LogP contribution >= 0.6 is 11.6 Å². The number of rotatable bonds is 4. The summed E-state index contributed by atoms with van der Waals surface area (Å²) in [7, 11) is 1.64. The Morgan fingerprint density at radius 1 is 1.37 bits per heavy atom. The molecule has 0 unspecified atom stereocenters. The molecule has 1 heterocycles. The van der Waals surface area contributed by atoms with E-state index in [1.54, 1.807) is 14.0 Å². The molecule has 100 valence electrons. The van der Waals surface area contributed by atoms with Crippen molar-refractivity contribution >= 4 is 23.1 Å². The molecule has 0 saturated heterocycles. The largest absolute Gasteiger partial charge is 0.497 e. The molecule has 19 heavy (non-hydrogen) atoms. The molecule has 0 amide bonds. The topological polar surface area (TPSA) is 73.1 Å². The number of ether oxygens (including phenoxy) is 1. The lowest BCUT2D eigenvalue weighted by atomic mass is 10.2. The van der Waals surface area contributed by atoms with Gasteiger partial charge in [0.1, 0.15) is 5.75 Å². The Hall–Kier alpha value is -2.01. The third-order valence-electron chi connectivity index (χ3n) is 2.70. The van der Waals surface area contributed by atoms with Crippen LogP contribution in [0.4, 0.5) is 11.5 Å². The highest BCUT2D eigenvalue weighted by Crippen LogP contribution is 2.21. The van der Waals surface area contributed by atoms with Crippen molar-refractivity contribution in [2.75, 3.05) is 18.2 Å². The number of nitrogens with zero attached hydrogens (tertiary/aromatic N) is 2. The molecule has 2 rings (SSSR count). The Bertz CT molecular complexity index is 589. The fourth-order valence-electron chi connectivity index (χ4n) is 1.65. The van der Waals surface area contributed by atoms with Crippen LogP contribution in [0.5, 0.6) is 5.75 Å². The summed E-state index contributed by atoms with van der Waals surface area (Å²) in [6, 6.07) is 7.75. The summed E-state index contributed by atoms with van der Waals surface area (Å²) in [6.45, 7) is 2.37. The normalized spacial score (nSPS) is 10.3. The van der Waals surface area contributed by atoms with Gasteiger partial charge in [0, 0.05) is 6.54 Å². The van der Waals surface area contributed by atoms with E-state index in [-0.39, 0.29) is 5.28 Å². The number of aryl methyl sites for hydroxylation is 1. The first kappa shape index (κ1) is 13.4. The van der Waals surface area contributed by atoms with Crippen molar-refractivity contribution in [3.05, 3.63) is 40.8 Å². The Labute approximate surface area is 116 Å². The molecule has 2 aromatic rings. The predicted octanol–water partition coefficient (Wildman–Crippen LogP) is 2.64. The molecule has 0 spiro atoms. The van der Waals surface area contributed by atoms with E-state index < -0.39 is 0 Å². The Kier molecular flexibility index (Phi) is 4.06. The van der Waals surface area contributed by atoms with Gasteiger partial charge in [0.2, 0.25) is 5.28 Å². The average Bonchev–Trinajstić information content (AvgIpc) is 2.41. The summed E-state index contributed by atoms with van der Waals surface area (Å²) in [6.07, 6.45) is 0. The van der Waals surface area contributed by atoms with Gasteiger partial charge in [0.05, 0.1) is 18.5 Å². The molecule has 1 aromatic heterocycles. The van der Waals surface area contributed by atoms with Gasteiger partial charge in [-0.2, -0.15) is 4.98 Å². The van der Waals surface area contributed by atoms with Gasteiger partial charge in [-0.05, 0) is 36.2 Å². The van der Waals surface area contributed by atoms with Gasteiger partial charge < -0.3 is 15.8 Å². The van der Waals surface area contributed by atoms with E-state index in [2.05, 4.69) is 15.3 Å². The van der Waals surface area contributed by atoms with Crippen molar-refractivity contribution in [3.8, 4) is 5.75 Å². The van der Waals surface area contributed by atoms with E-state index in [0.29, 0.717) is 23.7 Å². The van der Waals surface area contributed by atoms with Crippen molar-refractivity contribution in [1.29, 1.82) is 0 Å². The molecule has 6 heteroatoms. The zero-order valence-electron chi connectivity index (χ0n) is 10.8. The first-order valence-electron chi connectivity index (χ1n) is 5.76. The standard InChI is InChI=1S/C13H15ClN4O/c1-8-11(15)12(18-13(14)17-8)16-7-9-4-3-5-10(6-9)19-2/h3-6H,7,15H2,1-2H3,(H,16,17,18). The van der Waals surface area contributed by atoms with Crippen molar-refractivity contribution in [2.24, 2.45) is 0 Å². The lowest BCUT2D eigenvalue weighted by Gasteiger charge is -2.10. The average molecular weight is 279 g/mol. The van der Waals surface area contributed by atoms with Gasteiger partial charge in [0.25, 0.3) is 0 Å². The van der Waals surface area contributed by atoms with Crippen LogP contribution < -0.4 is 15.8 Å². The molecule has 0 saturated carbocycles. The number of methoxy groups -OCH3 is 1. The molecular formula is C13H15ClN4O. The van der Waals surface area contributed by atoms with Gasteiger partial charge >= 0.3 is 0 Å². The predicted molar refractivity (Wildman–Crippen MR) is 76.5 cm³/mol. The summed E-state index contributed by atoms with van der Waals surface area (Å²) in [5, 5.41) is 3.33. The van der Waals surface area contributed by atoms with E-state index in [1.807, 2.05) is 24.3 Å². The quantitative estimate of drug-likeness (QED) is 0.841. The van der Waals surface area contributed by atoms with Crippen LogP contribution in [0.1, 0.15) is 11.3 Å². The van der Waals surface area contributed by atoms with E-state index in [4.69, 9.17) is 22.1 Å². The molecule has 1 aromatic carbocycles. The van der Waals surface area contributed by atoms with Gasteiger partial charge in [-0.25, -0.2) is 4.98 Å². The Balaban J connectivity index is 2.14. The minimum atomic E-state index is 0.180. The second-order valence-corrected chi connectivity index (χ2v) is 4.38. The van der Waals surface area contributed by atoms with Crippen LogP contribution in [-0.4, -0.2) is 17.1 Å². The minimum Gasteiger partial charge on any atom is -0.497 e. The second-order valence-electron chi connectivity index (χ2n) is 4.05. The van der Waals surface area contributed by atoms with E-state index in [1.165, 1.54) is 0 Å². The summed E-state index contributed by atoms with van der Waals surface area (Å²) < 4.78 is 5.17. The number of halogens is 1. The molecule has 0 radical (unpaired) electrons. The van der Waals surface area contributed by atoms with Crippen molar-refractivity contribution in [1.82, 2.24) is 9.97 Å². The lowest BCUT2D eigenvalue weighted by molar-refractivity contribution is 0.414. The summed E-state index contributed by atoms with van der Waals surface area (Å²) in [4.78, 5) is 8.06. The minimum absolute atomic E-state index is 0.180. The van der Waals surface area contributed by atoms with Crippen LogP contribution in [0, 0.1) is 6.92 Å². The number of hydrogen-bond donors (Lipinski definition) is 2. The van der Waals surface area contributed by atoms with E-state index in [9.17, 15) is 0 Å². The number of benzene rings is 1. The first-order chi connectivity index (χ1) is 9.10. The van der Waals surface area contributed by atoms with Gasteiger partial charge in [0.15, 0.2) is 5.82 Å². The first-order valence-corrected chi connectivity index (χ1v) is 6.14. The summed E-state index contributed by atoms with van der Waals surface area (Å²) in [5.74, 6) is 1.35. The zero-order valence-corrected chi connectivity index (χ0v) is 11.5. The third-order valence-corrected chi connectivity index (χ3v) is 2.87. The number of nitrogens with two attached hydrogens (primary N) is 1. The Morgan fingerprint density at radius 2 is 2.16 bits per heavy atom. The van der Waals surface area contributed by atoms with Gasteiger partial charge in [-0.1, -0.05) is 12.1 Å². The maximum absolute atomic E-state index is 5.90. The highest BCUT2D eigenvalue weighted by Gasteiger charge is 2.07. The molecule has 0 aliphatic rings. The maximum atomic E-state index is 5.90. The van der Waals surface area contributed by atoms with Crippen molar-refractivity contribution < 1.29 is 4.74 Å². The maximum Gasteiger partial charge on any atom is 0.224 e. The molecule has 0 fully saturated rings. The smallest absolute Gasteiger partial charge is 0.224 e. The fourth-order valence-corrected chi connectivity index (χ4v) is 1.86. The molecule has 5 nitrogen and oxygen atoms in total. The van der Waals surface area contributed by atoms with Crippen LogP contribution in [-0.2, 0) is 6.54 Å². The van der Waals surface area contributed by atoms with Gasteiger partial charge in [-0.3, -0.25) is 0 Å². The van der Waals surface area contributed by atoms with Crippen LogP contribution in [0.3, 0.4) is 0 Å². The van der Waals surface area contributed by atoms with Crippen molar-refractivity contribution in [3.63, 3.8) is 0 Å². The van der Waals surface area contributed by atoms with Crippen LogP contribution in [0.15, 0.2) is 24.3 Å². The summed E-state index contributed by atoms with van der Waals surface area (Å²) in [5.41, 5.74) is 8.13. The monoisotopic (exact) mass is 278 g/mol. The number of nitrogen functional groups attached to an aromatic ring is 1. The summed E-state index contributed by atoms with van der Waals surface area (Å²) >= 11 is 5.81. The molecule has 0 bridgehead atoms. The number of hydrogen-bond acceptors (Lipinski definition) is 5. The molecule has 0 aliphatic carbocycles. The fraction of sp³-hybridized carbons (Fsp3) is 0.231. The van der Waals surface area contributed by atoms with E-state index >= 15 is 0 Å². The SMILES string of the molecule is COc1cccc(CNc2nc(Cl)nc(C)c2N)c1. The van der Waals surface area contributed by atoms with Crippen molar-refractivity contribution in [2.45, 2.75) is 13.5 Å². The highest BCUT2D eigenvalue weighted by atomic mass is 35.5. The zero-order chi connectivity index (χ0) is 13.8. The Morgan fingerprint density at radius 3 is 2.89 bits per heavy atom. The second kappa shape index (κ2) is 5.75. The van der Waals surface area contributed by atoms with Crippen LogP contribution in [0.2, 0.25) is 5.28 Å². The lowest BCUT2D eigenvalue weighted by Crippen LogP contribution is -2.07. The van der Waals surface area contributed by atoms with Crippen LogP contribution in [0.25, 0.3) is 0 Å². The molecule has 3 N–H and O–H groups in total. The molecule has 0 aliphatic heterocycles. The number of aromatic nitrogens is 2. The van der Waals surface area contributed by atoms with Gasteiger partial charge in [-0.15, -0.1) is 0 Å². The molecular weight excluding hydrogens is 264 g/mol. The third kappa shape index (κ3) is 3.26. The number of anilines is 2. The number of nitrogens with one attached hydrogen (secondary N) is 1. The highest BCUT2D eigenvalue weighted by molar-refractivity contribution is 6.28. The van der Waals surface area contributed by atoms with E-state index in [0.717, 1.165) is 11.3 Å². The molecule has 0 atom stereocenters.